The van der Waals surface area contributed by atoms with Crippen LogP contribution in [0.1, 0.15) is 46.0 Å². The third-order valence-corrected chi connectivity index (χ3v) is 4.14. The first-order valence-corrected chi connectivity index (χ1v) is 7.37. The maximum absolute atomic E-state index is 5.10. The van der Waals surface area contributed by atoms with Gasteiger partial charge in [-0.05, 0) is 37.5 Å². The summed E-state index contributed by atoms with van der Waals surface area (Å²) < 4.78 is 7.29. The molecule has 0 unspecified atom stereocenters. The van der Waals surface area contributed by atoms with Gasteiger partial charge < -0.3 is 14.6 Å². The summed E-state index contributed by atoms with van der Waals surface area (Å²) in [5.74, 6) is 1.01. The molecule has 0 aliphatic heterocycles. The quantitative estimate of drug-likeness (QED) is 0.802. The molecule has 0 radical (unpaired) electrons. The molecule has 108 valence electrons. The van der Waals surface area contributed by atoms with Gasteiger partial charge in [-0.15, -0.1) is 0 Å². The number of anilines is 1. The lowest BCUT2D eigenvalue weighted by Gasteiger charge is -2.34. The van der Waals surface area contributed by atoms with E-state index in [0.717, 1.165) is 25.5 Å². The summed E-state index contributed by atoms with van der Waals surface area (Å²) in [4.78, 5) is 4.44. The van der Waals surface area contributed by atoms with E-state index >= 15 is 0 Å². The number of aryl methyl sites for hydroxylation is 1. The van der Waals surface area contributed by atoms with Gasteiger partial charge in [0.05, 0.1) is 0 Å². The molecular formula is C15H27N3O. The van der Waals surface area contributed by atoms with E-state index in [0.29, 0.717) is 11.5 Å². The first kappa shape index (κ1) is 14.4. The van der Waals surface area contributed by atoms with Crippen LogP contribution in [0.15, 0.2) is 12.4 Å². The normalized spacial score (nSPS) is 19.5. The first-order chi connectivity index (χ1) is 9.11. The van der Waals surface area contributed by atoms with Gasteiger partial charge in [-0.25, -0.2) is 4.98 Å². The Labute approximate surface area is 116 Å². The highest BCUT2D eigenvalue weighted by Gasteiger charge is 2.27. The molecule has 0 atom stereocenters. The zero-order chi connectivity index (χ0) is 13.7. The van der Waals surface area contributed by atoms with Crippen LogP contribution in [0.25, 0.3) is 0 Å². The molecule has 4 heteroatoms. The van der Waals surface area contributed by atoms with E-state index in [1.54, 1.807) is 7.11 Å². The van der Waals surface area contributed by atoms with Crippen molar-refractivity contribution < 1.29 is 4.74 Å². The van der Waals surface area contributed by atoms with E-state index in [1.807, 2.05) is 12.4 Å². The maximum Gasteiger partial charge on any atom is 0.202 e. The average Bonchev–Trinajstić information content (AvgIpc) is 2.80. The number of nitrogens with one attached hydrogen (secondary N) is 1. The Balaban J connectivity index is 1.84. The second kappa shape index (κ2) is 6.42. The van der Waals surface area contributed by atoms with Crippen molar-refractivity contribution in [1.82, 2.24) is 9.55 Å². The molecule has 19 heavy (non-hydrogen) atoms. The Hall–Kier alpha value is -1.03. The highest BCUT2D eigenvalue weighted by molar-refractivity contribution is 5.27. The maximum atomic E-state index is 5.10. The van der Waals surface area contributed by atoms with Gasteiger partial charge in [-0.3, -0.25) is 0 Å². The Morgan fingerprint density at radius 1 is 1.42 bits per heavy atom. The van der Waals surface area contributed by atoms with E-state index in [-0.39, 0.29) is 0 Å². The fraction of sp³-hybridized carbons (Fsp3) is 0.800. The van der Waals surface area contributed by atoms with Gasteiger partial charge in [-0.2, -0.15) is 0 Å². The molecule has 1 heterocycles. The second-order valence-electron chi connectivity index (χ2n) is 6.37. The molecule has 1 saturated carbocycles. The van der Waals surface area contributed by atoms with Crippen molar-refractivity contribution in [2.24, 2.45) is 5.41 Å². The standard InChI is InChI=1S/C15H27N3O/c1-15(2)7-5-13(6-8-15)17-14-16-9-11-18(14)10-4-12-19-3/h9,11,13H,4-8,10,12H2,1-3H3,(H,16,17). The predicted octanol–water partition coefficient (Wildman–Crippen LogP) is 3.30. The zero-order valence-corrected chi connectivity index (χ0v) is 12.5. The summed E-state index contributed by atoms with van der Waals surface area (Å²) in [6, 6.07) is 0.580. The minimum absolute atomic E-state index is 0.520. The summed E-state index contributed by atoms with van der Waals surface area (Å²) in [5.41, 5.74) is 0.520. The Bertz CT molecular complexity index is 376. The van der Waals surface area contributed by atoms with E-state index in [2.05, 4.69) is 28.7 Å². The third kappa shape index (κ3) is 4.23. The lowest BCUT2D eigenvalue weighted by molar-refractivity contribution is 0.190. The minimum Gasteiger partial charge on any atom is -0.385 e. The SMILES string of the molecule is COCCCn1ccnc1NC1CCC(C)(C)CC1. The molecular weight excluding hydrogens is 238 g/mol. The summed E-state index contributed by atoms with van der Waals surface area (Å²) in [7, 11) is 1.75. The summed E-state index contributed by atoms with van der Waals surface area (Å²) in [5, 5.41) is 3.61. The number of rotatable bonds is 6. The van der Waals surface area contributed by atoms with Crippen LogP contribution in [0.2, 0.25) is 0 Å². The number of methoxy groups -OCH3 is 1. The molecule has 0 aromatic carbocycles. The van der Waals surface area contributed by atoms with Crippen LogP contribution in [0.5, 0.6) is 0 Å². The predicted molar refractivity (Wildman–Crippen MR) is 78.4 cm³/mol. The van der Waals surface area contributed by atoms with Crippen molar-refractivity contribution in [3.8, 4) is 0 Å². The van der Waals surface area contributed by atoms with Gasteiger partial charge >= 0.3 is 0 Å². The topological polar surface area (TPSA) is 39.1 Å². The van der Waals surface area contributed by atoms with Crippen molar-refractivity contribution in [2.75, 3.05) is 19.0 Å². The van der Waals surface area contributed by atoms with E-state index in [9.17, 15) is 0 Å². The van der Waals surface area contributed by atoms with Crippen molar-refractivity contribution in [3.63, 3.8) is 0 Å². The van der Waals surface area contributed by atoms with Crippen LogP contribution in [-0.2, 0) is 11.3 Å². The highest BCUT2D eigenvalue weighted by atomic mass is 16.5. The van der Waals surface area contributed by atoms with Crippen LogP contribution in [0.4, 0.5) is 5.95 Å². The Morgan fingerprint density at radius 3 is 2.84 bits per heavy atom. The van der Waals surface area contributed by atoms with Crippen molar-refractivity contribution >= 4 is 5.95 Å². The summed E-state index contributed by atoms with van der Waals surface area (Å²) in [6.45, 7) is 6.51. The molecule has 0 spiro atoms. The van der Waals surface area contributed by atoms with Gasteiger partial charge in [0, 0.05) is 38.7 Å². The molecule has 4 nitrogen and oxygen atoms in total. The van der Waals surface area contributed by atoms with Crippen LogP contribution in [-0.4, -0.2) is 29.3 Å². The number of hydrogen-bond acceptors (Lipinski definition) is 3. The minimum atomic E-state index is 0.520. The molecule has 2 rings (SSSR count). The van der Waals surface area contributed by atoms with Gasteiger partial charge in [0.1, 0.15) is 0 Å². The molecule has 0 saturated heterocycles. The van der Waals surface area contributed by atoms with Gasteiger partial charge in [0.15, 0.2) is 0 Å². The fourth-order valence-corrected chi connectivity index (χ4v) is 2.74. The molecule has 0 amide bonds. The smallest absolute Gasteiger partial charge is 0.202 e. The van der Waals surface area contributed by atoms with Gasteiger partial charge in [0.25, 0.3) is 0 Å². The number of imidazole rings is 1. The van der Waals surface area contributed by atoms with Crippen LogP contribution in [0, 0.1) is 5.41 Å². The molecule has 1 N–H and O–H groups in total. The molecule has 1 aliphatic carbocycles. The van der Waals surface area contributed by atoms with E-state index in [1.165, 1.54) is 25.7 Å². The number of hydrogen-bond donors (Lipinski definition) is 1. The third-order valence-electron chi connectivity index (χ3n) is 4.14. The van der Waals surface area contributed by atoms with Crippen molar-refractivity contribution in [1.29, 1.82) is 0 Å². The largest absolute Gasteiger partial charge is 0.385 e. The Kier molecular flexibility index (Phi) is 4.86. The van der Waals surface area contributed by atoms with Gasteiger partial charge in [0.2, 0.25) is 5.95 Å². The lowest BCUT2D eigenvalue weighted by Crippen LogP contribution is -2.30. The molecule has 1 aromatic rings. The first-order valence-electron chi connectivity index (χ1n) is 7.37. The highest BCUT2D eigenvalue weighted by Crippen LogP contribution is 2.35. The van der Waals surface area contributed by atoms with Crippen LogP contribution < -0.4 is 5.32 Å². The molecule has 1 aliphatic rings. The average molecular weight is 265 g/mol. The second-order valence-corrected chi connectivity index (χ2v) is 6.37. The number of ether oxygens (including phenoxy) is 1. The zero-order valence-electron chi connectivity index (χ0n) is 12.5. The molecule has 1 aromatic heterocycles. The summed E-state index contributed by atoms with van der Waals surface area (Å²) >= 11 is 0. The molecule has 1 fully saturated rings. The van der Waals surface area contributed by atoms with Crippen molar-refractivity contribution in [3.05, 3.63) is 12.4 Å². The molecule has 0 bridgehead atoms. The lowest BCUT2D eigenvalue weighted by atomic mass is 9.76. The fourth-order valence-electron chi connectivity index (χ4n) is 2.74. The Morgan fingerprint density at radius 2 is 2.16 bits per heavy atom. The van der Waals surface area contributed by atoms with E-state index < -0.39 is 0 Å². The van der Waals surface area contributed by atoms with E-state index in [4.69, 9.17) is 4.74 Å². The number of aromatic nitrogens is 2. The van der Waals surface area contributed by atoms with Crippen molar-refractivity contribution in [2.45, 2.75) is 58.5 Å². The van der Waals surface area contributed by atoms with Crippen LogP contribution in [0.3, 0.4) is 0 Å². The monoisotopic (exact) mass is 265 g/mol. The van der Waals surface area contributed by atoms with Crippen LogP contribution >= 0.6 is 0 Å². The van der Waals surface area contributed by atoms with Gasteiger partial charge in [-0.1, -0.05) is 13.8 Å². The number of nitrogens with zero attached hydrogens (tertiary/aromatic N) is 2. The summed E-state index contributed by atoms with van der Waals surface area (Å²) in [6.07, 6.45) is 10.0.